The molecule has 2 nitrogen and oxygen atoms in total. The van der Waals surface area contributed by atoms with Gasteiger partial charge in [-0.1, -0.05) is 194 Å². The molecule has 0 atom stereocenters. The van der Waals surface area contributed by atoms with E-state index in [9.17, 15) is 0 Å². The first kappa shape index (κ1) is 36.2. The van der Waals surface area contributed by atoms with Gasteiger partial charge in [0, 0.05) is 36.9 Å². The molecule has 1 aliphatic rings. The maximum atomic E-state index is 5.27. The van der Waals surface area contributed by atoms with Crippen molar-refractivity contribution in [3.8, 4) is 67.3 Å². The second kappa shape index (κ2) is 14.8. The number of aromatic nitrogens is 2. The van der Waals surface area contributed by atoms with E-state index in [2.05, 4.69) is 224 Å². The monoisotopic (exact) mass is 806 g/mol. The van der Waals surface area contributed by atoms with Crippen molar-refractivity contribution >= 4 is 31.5 Å². The molecule has 11 aromatic rings. The normalized spacial score (nSPS) is 12.6. The number of fused-ring (bicyclic) bond motifs is 6. The SMILES string of the molecule is c1ccc(-c2nc(-c3cccc(-c4ccc(-c5ccc6sc7ccccc7c6c5)cc4)c3)cc(-c3ccc4c(c3)-c3ccccc3C4(c3ccccc3)c3ccccc3)n2)cc1. The molecule has 2 heterocycles. The van der Waals surface area contributed by atoms with Gasteiger partial charge in [0.25, 0.3) is 0 Å². The first-order chi connectivity index (χ1) is 30.7. The summed E-state index contributed by atoms with van der Waals surface area (Å²) in [5.74, 6) is 0.701. The van der Waals surface area contributed by atoms with E-state index in [1.54, 1.807) is 0 Å². The lowest BCUT2D eigenvalue weighted by Crippen LogP contribution is -2.28. The maximum absolute atomic E-state index is 5.27. The highest BCUT2D eigenvalue weighted by molar-refractivity contribution is 7.25. The second-order valence-corrected chi connectivity index (χ2v) is 17.2. The van der Waals surface area contributed by atoms with Gasteiger partial charge >= 0.3 is 0 Å². The first-order valence-corrected chi connectivity index (χ1v) is 22.0. The Hall–Kier alpha value is -7.72. The molecule has 2 aromatic heterocycles. The van der Waals surface area contributed by atoms with Gasteiger partial charge in [-0.15, -0.1) is 11.3 Å². The highest BCUT2D eigenvalue weighted by Crippen LogP contribution is 2.56. The van der Waals surface area contributed by atoms with E-state index in [-0.39, 0.29) is 0 Å². The molecule has 0 saturated heterocycles. The third-order valence-electron chi connectivity index (χ3n) is 12.6. The maximum Gasteiger partial charge on any atom is 0.160 e. The molecular formula is C59H38N2S. The second-order valence-electron chi connectivity index (χ2n) is 16.1. The molecule has 9 aromatic carbocycles. The van der Waals surface area contributed by atoms with Crippen LogP contribution in [0.3, 0.4) is 0 Å². The fourth-order valence-corrected chi connectivity index (χ4v) is 10.8. The molecule has 3 heteroatoms. The zero-order valence-electron chi connectivity index (χ0n) is 33.7. The molecule has 1 aliphatic carbocycles. The van der Waals surface area contributed by atoms with Crippen molar-refractivity contribution in [3.05, 3.63) is 253 Å². The predicted octanol–water partition coefficient (Wildman–Crippen LogP) is 15.5. The van der Waals surface area contributed by atoms with E-state index in [4.69, 9.17) is 9.97 Å². The van der Waals surface area contributed by atoms with Crippen LogP contribution in [0.1, 0.15) is 22.3 Å². The molecule has 0 amide bonds. The summed E-state index contributed by atoms with van der Waals surface area (Å²) in [5, 5.41) is 2.64. The Balaban J connectivity index is 0.952. The molecule has 0 spiro atoms. The summed E-state index contributed by atoms with van der Waals surface area (Å²) in [5.41, 5.74) is 16.7. The Morgan fingerprint density at radius 2 is 0.823 bits per heavy atom. The predicted molar refractivity (Wildman–Crippen MR) is 259 cm³/mol. The van der Waals surface area contributed by atoms with Crippen molar-refractivity contribution in [1.29, 1.82) is 0 Å². The number of benzene rings is 9. The van der Waals surface area contributed by atoms with Gasteiger partial charge in [-0.2, -0.15) is 0 Å². The number of hydrogen-bond donors (Lipinski definition) is 0. The van der Waals surface area contributed by atoms with Gasteiger partial charge in [-0.3, -0.25) is 0 Å². The molecule has 62 heavy (non-hydrogen) atoms. The van der Waals surface area contributed by atoms with E-state index in [1.165, 1.54) is 64.7 Å². The summed E-state index contributed by atoms with van der Waals surface area (Å²) < 4.78 is 2.65. The van der Waals surface area contributed by atoms with Crippen LogP contribution in [0, 0.1) is 0 Å². The van der Waals surface area contributed by atoms with Gasteiger partial charge in [0.05, 0.1) is 16.8 Å². The van der Waals surface area contributed by atoms with Crippen molar-refractivity contribution in [3.63, 3.8) is 0 Å². The van der Waals surface area contributed by atoms with E-state index in [0.717, 1.165) is 39.2 Å². The van der Waals surface area contributed by atoms with Gasteiger partial charge in [0.2, 0.25) is 0 Å². The Labute approximate surface area is 365 Å². The van der Waals surface area contributed by atoms with Crippen molar-refractivity contribution in [1.82, 2.24) is 9.97 Å². The van der Waals surface area contributed by atoms with Crippen LogP contribution in [0.25, 0.3) is 87.5 Å². The lowest BCUT2D eigenvalue weighted by atomic mass is 9.67. The third-order valence-corrected chi connectivity index (χ3v) is 13.8. The average Bonchev–Trinajstić information content (AvgIpc) is 3.88. The largest absolute Gasteiger partial charge is 0.228 e. The number of hydrogen-bond acceptors (Lipinski definition) is 3. The van der Waals surface area contributed by atoms with Crippen LogP contribution in [-0.2, 0) is 5.41 Å². The lowest BCUT2D eigenvalue weighted by Gasteiger charge is -2.33. The summed E-state index contributed by atoms with van der Waals surface area (Å²) in [6.07, 6.45) is 0. The van der Waals surface area contributed by atoms with E-state index < -0.39 is 5.41 Å². The Bertz CT molecular complexity index is 3400. The topological polar surface area (TPSA) is 25.8 Å². The fraction of sp³-hybridized carbons (Fsp3) is 0.0169. The van der Waals surface area contributed by atoms with E-state index in [0.29, 0.717) is 5.82 Å². The Kier molecular flexibility index (Phi) is 8.62. The molecule has 0 aliphatic heterocycles. The smallest absolute Gasteiger partial charge is 0.160 e. The summed E-state index contributed by atoms with van der Waals surface area (Å²) >= 11 is 1.86. The molecule has 0 fully saturated rings. The van der Waals surface area contributed by atoms with E-state index >= 15 is 0 Å². The Morgan fingerprint density at radius 1 is 0.306 bits per heavy atom. The number of thiophene rings is 1. The van der Waals surface area contributed by atoms with Crippen molar-refractivity contribution < 1.29 is 0 Å². The van der Waals surface area contributed by atoms with Crippen LogP contribution in [0.5, 0.6) is 0 Å². The number of rotatable bonds is 7. The first-order valence-electron chi connectivity index (χ1n) is 21.1. The number of nitrogens with zero attached hydrogens (tertiary/aromatic N) is 2. The summed E-state index contributed by atoms with van der Waals surface area (Å²) in [7, 11) is 0. The quantitative estimate of drug-likeness (QED) is 0.160. The molecule has 0 N–H and O–H groups in total. The fourth-order valence-electron chi connectivity index (χ4n) is 9.69. The van der Waals surface area contributed by atoms with Gasteiger partial charge < -0.3 is 0 Å². The molecule has 12 rings (SSSR count). The van der Waals surface area contributed by atoms with Gasteiger partial charge in [0.1, 0.15) is 0 Å². The van der Waals surface area contributed by atoms with Crippen LogP contribution >= 0.6 is 11.3 Å². The van der Waals surface area contributed by atoms with Gasteiger partial charge in [-0.25, -0.2) is 9.97 Å². The molecule has 290 valence electrons. The third kappa shape index (κ3) is 5.93. The zero-order valence-corrected chi connectivity index (χ0v) is 34.6. The van der Waals surface area contributed by atoms with Crippen LogP contribution in [0.4, 0.5) is 0 Å². The van der Waals surface area contributed by atoms with E-state index in [1.807, 2.05) is 17.4 Å². The molecule has 0 unspecified atom stereocenters. The minimum atomic E-state index is -0.454. The molecule has 0 radical (unpaired) electrons. The van der Waals surface area contributed by atoms with Gasteiger partial charge in [-0.05, 0) is 92.0 Å². The molecule has 0 bridgehead atoms. The lowest BCUT2D eigenvalue weighted by molar-refractivity contribution is 0.768. The highest BCUT2D eigenvalue weighted by atomic mass is 32.1. The minimum Gasteiger partial charge on any atom is -0.228 e. The Morgan fingerprint density at radius 3 is 1.55 bits per heavy atom. The van der Waals surface area contributed by atoms with Crippen molar-refractivity contribution in [2.45, 2.75) is 5.41 Å². The average molecular weight is 807 g/mol. The van der Waals surface area contributed by atoms with Crippen LogP contribution in [-0.4, -0.2) is 9.97 Å². The van der Waals surface area contributed by atoms with Gasteiger partial charge in [0.15, 0.2) is 5.82 Å². The molecule has 0 saturated carbocycles. The summed E-state index contributed by atoms with van der Waals surface area (Å²) in [6.45, 7) is 0. The van der Waals surface area contributed by atoms with Crippen LogP contribution in [0.2, 0.25) is 0 Å². The van der Waals surface area contributed by atoms with Crippen LogP contribution < -0.4 is 0 Å². The minimum absolute atomic E-state index is 0.454. The standard InChI is InChI=1S/C59H38N2S/c1-4-15-41(16-5-1)58-60-54(44-18-14-17-42(35-44)39-27-29-40(30-28-39)43-32-34-57-51(36-43)49-24-11-13-26-56(49)62-57)38-55(61-58)45-31-33-53-50(37-45)48-23-10-12-25-52(48)59(53,46-19-6-2-7-20-46)47-21-8-3-9-22-47/h1-38H. The van der Waals surface area contributed by atoms with Crippen molar-refractivity contribution in [2.75, 3.05) is 0 Å². The highest BCUT2D eigenvalue weighted by Gasteiger charge is 2.46. The van der Waals surface area contributed by atoms with Crippen LogP contribution in [0.15, 0.2) is 231 Å². The van der Waals surface area contributed by atoms with Crippen molar-refractivity contribution in [2.24, 2.45) is 0 Å². The summed E-state index contributed by atoms with van der Waals surface area (Å²) in [6, 6.07) is 83.4. The summed E-state index contributed by atoms with van der Waals surface area (Å²) in [4.78, 5) is 10.5. The zero-order chi connectivity index (χ0) is 41.0. The molecular weight excluding hydrogens is 769 g/mol.